The number of hydrogen-bond donors (Lipinski definition) is 1. The number of methoxy groups -OCH3 is 1. The van der Waals surface area contributed by atoms with Crippen molar-refractivity contribution in [2.75, 3.05) is 25.6 Å². The number of cyclic esters (lactones) is 2. The molecule has 40 heavy (non-hydrogen) atoms. The largest absolute Gasteiger partial charge is 0.586 e. The molecular weight excluding hydrogens is 533 g/mol. The first-order chi connectivity index (χ1) is 18.9. The number of nitrogens with zero attached hydrogens (tertiary/aromatic N) is 1. The van der Waals surface area contributed by atoms with E-state index in [9.17, 15) is 18.4 Å². The summed E-state index contributed by atoms with van der Waals surface area (Å²) in [5.41, 5.74) is 0.364. The van der Waals surface area contributed by atoms with Crippen LogP contribution in [-0.2, 0) is 36.4 Å². The highest BCUT2D eigenvalue weighted by Gasteiger charge is 2.53. The third kappa shape index (κ3) is 4.49. The minimum Gasteiger partial charge on any atom is -0.430 e. The lowest BCUT2D eigenvalue weighted by Crippen LogP contribution is -2.29. The lowest BCUT2D eigenvalue weighted by atomic mass is 9.90. The topological polar surface area (TPSA) is 97.3 Å². The van der Waals surface area contributed by atoms with Gasteiger partial charge in [0, 0.05) is 29.7 Å². The lowest BCUT2D eigenvalue weighted by Gasteiger charge is -2.26. The maximum atomic E-state index is 15.5. The van der Waals surface area contributed by atoms with Gasteiger partial charge in [-0.15, -0.1) is 8.78 Å². The first-order valence-electron chi connectivity index (χ1n) is 12.8. The number of hydrogen-bond acceptors (Lipinski definition) is 7. The van der Waals surface area contributed by atoms with Crippen LogP contribution in [-0.4, -0.2) is 49.4 Å². The van der Waals surface area contributed by atoms with E-state index in [1.807, 2.05) is 24.5 Å². The van der Waals surface area contributed by atoms with Crippen molar-refractivity contribution in [3.63, 3.8) is 0 Å². The van der Waals surface area contributed by atoms with Crippen LogP contribution in [0.3, 0.4) is 0 Å². The fourth-order valence-corrected chi connectivity index (χ4v) is 5.49. The molecule has 1 N–H and O–H groups in total. The van der Waals surface area contributed by atoms with Gasteiger partial charge in [0.05, 0.1) is 29.8 Å². The van der Waals surface area contributed by atoms with Crippen LogP contribution >= 0.6 is 0 Å². The second-order valence-electron chi connectivity index (χ2n) is 11.0. The highest BCUT2D eigenvalue weighted by atomic mass is 19.3. The van der Waals surface area contributed by atoms with Gasteiger partial charge in [0.25, 0.3) is 0 Å². The molecule has 212 valence electrons. The van der Waals surface area contributed by atoms with Gasteiger partial charge in [-0.3, -0.25) is 4.79 Å². The van der Waals surface area contributed by atoms with E-state index in [-0.39, 0.29) is 30.3 Å². The molecule has 3 aromatic rings. The van der Waals surface area contributed by atoms with Crippen molar-refractivity contribution in [1.82, 2.24) is 4.57 Å². The number of fused-ring (bicyclic) bond motifs is 2. The summed E-state index contributed by atoms with van der Waals surface area (Å²) in [6.45, 7) is 4.67. The van der Waals surface area contributed by atoms with E-state index in [2.05, 4.69) is 14.8 Å². The van der Waals surface area contributed by atoms with Crippen molar-refractivity contribution in [2.45, 2.75) is 56.5 Å². The van der Waals surface area contributed by atoms with E-state index in [1.54, 1.807) is 19.2 Å². The average molecular weight is 561 g/mol. The van der Waals surface area contributed by atoms with Crippen molar-refractivity contribution >= 4 is 28.7 Å². The van der Waals surface area contributed by atoms with Gasteiger partial charge in [-0.05, 0) is 42.7 Å². The van der Waals surface area contributed by atoms with Crippen molar-refractivity contribution in [3.8, 4) is 11.5 Å². The molecule has 0 bridgehead atoms. The highest BCUT2D eigenvalue weighted by Crippen LogP contribution is 2.52. The quantitative estimate of drug-likeness (QED) is 0.377. The number of benzene rings is 2. The SMILES string of the molecule is COCC(C)(C)c1cc2cc(NC(=O)C3(c4ccc5c(c4)OC(F)(F)O5)CC3)c(F)cc2n1C[C@@H]1COC(=O)O1. The number of rotatable bonds is 8. The number of alkyl halides is 2. The molecule has 6 rings (SSSR count). The summed E-state index contributed by atoms with van der Waals surface area (Å²) >= 11 is 0. The minimum atomic E-state index is -3.77. The molecule has 9 nitrogen and oxygen atoms in total. The van der Waals surface area contributed by atoms with Crippen molar-refractivity contribution < 1.29 is 46.4 Å². The Morgan fingerprint density at radius 2 is 1.90 bits per heavy atom. The van der Waals surface area contributed by atoms with Crippen molar-refractivity contribution in [2.24, 2.45) is 0 Å². The Labute approximate surface area is 227 Å². The Morgan fingerprint density at radius 1 is 1.15 bits per heavy atom. The van der Waals surface area contributed by atoms with Crippen LogP contribution in [0.25, 0.3) is 10.9 Å². The third-order valence-electron chi connectivity index (χ3n) is 7.61. The summed E-state index contributed by atoms with van der Waals surface area (Å²) in [6.07, 6.45) is -4.13. The Bertz CT molecular complexity index is 1530. The van der Waals surface area contributed by atoms with Crippen LogP contribution in [0.5, 0.6) is 11.5 Å². The van der Waals surface area contributed by atoms with Crippen LogP contribution < -0.4 is 14.8 Å². The third-order valence-corrected chi connectivity index (χ3v) is 7.61. The second kappa shape index (κ2) is 9.05. The van der Waals surface area contributed by atoms with E-state index in [1.165, 1.54) is 18.2 Å². The molecule has 3 heterocycles. The normalized spacial score (nSPS) is 20.4. The molecule has 0 spiro atoms. The Morgan fingerprint density at radius 3 is 2.58 bits per heavy atom. The molecule has 0 unspecified atom stereocenters. The summed E-state index contributed by atoms with van der Waals surface area (Å²) in [7, 11) is 1.59. The van der Waals surface area contributed by atoms with Crippen LogP contribution in [0.4, 0.5) is 23.7 Å². The number of carbonyl (C=O) groups is 2. The molecule has 12 heteroatoms. The molecule has 1 amide bonds. The monoisotopic (exact) mass is 560 g/mol. The van der Waals surface area contributed by atoms with Gasteiger partial charge in [0.1, 0.15) is 12.4 Å². The fraction of sp³-hybridized carbons (Fsp3) is 0.429. The summed E-state index contributed by atoms with van der Waals surface area (Å²) < 4.78 is 68.8. The molecule has 1 saturated heterocycles. The zero-order valence-corrected chi connectivity index (χ0v) is 22.0. The standard InChI is InChI=1S/C28H27F3N2O7/c1-26(2,14-36-3)23-9-15-8-19(18(29)11-20(15)33(23)12-17-13-37-25(35)38-17)32-24(34)27(6-7-27)16-4-5-21-22(10-16)40-28(30,31)39-21/h4-5,8-11,17H,6-7,12-14H2,1-3H3,(H,32,34)/t17-/m1/s1. The summed E-state index contributed by atoms with van der Waals surface area (Å²) in [5.74, 6) is -1.37. The number of anilines is 1. The Balaban J connectivity index is 1.31. The fourth-order valence-electron chi connectivity index (χ4n) is 5.49. The van der Waals surface area contributed by atoms with Gasteiger partial charge < -0.3 is 33.6 Å². The summed E-state index contributed by atoms with van der Waals surface area (Å²) in [6, 6.07) is 9.03. The predicted octanol–water partition coefficient (Wildman–Crippen LogP) is 5.23. The van der Waals surface area contributed by atoms with Crippen LogP contribution in [0.1, 0.15) is 37.9 Å². The number of carbonyl (C=O) groups excluding carboxylic acids is 2. The van der Waals surface area contributed by atoms with Gasteiger partial charge >= 0.3 is 12.5 Å². The van der Waals surface area contributed by atoms with E-state index in [0.29, 0.717) is 35.9 Å². The maximum Gasteiger partial charge on any atom is 0.586 e. The maximum absolute atomic E-state index is 15.5. The Kier molecular flexibility index (Phi) is 5.95. The van der Waals surface area contributed by atoms with Gasteiger partial charge in [-0.25, -0.2) is 9.18 Å². The molecule has 2 aromatic carbocycles. The van der Waals surface area contributed by atoms with Crippen LogP contribution in [0, 0.1) is 5.82 Å². The molecule has 3 aliphatic rings. The first-order valence-corrected chi connectivity index (χ1v) is 12.8. The molecule has 2 aliphatic heterocycles. The number of ether oxygens (including phenoxy) is 5. The number of halogens is 3. The Hall–Kier alpha value is -3.93. The molecule has 0 radical (unpaired) electrons. The lowest BCUT2D eigenvalue weighted by molar-refractivity contribution is -0.286. The van der Waals surface area contributed by atoms with E-state index in [4.69, 9.17) is 14.2 Å². The van der Waals surface area contributed by atoms with Gasteiger partial charge in [-0.1, -0.05) is 19.9 Å². The van der Waals surface area contributed by atoms with Gasteiger partial charge in [0.15, 0.2) is 17.6 Å². The predicted molar refractivity (Wildman–Crippen MR) is 135 cm³/mol. The van der Waals surface area contributed by atoms with Crippen molar-refractivity contribution in [1.29, 1.82) is 0 Å². The van der Waals surface area contributed by atoms with Gasteiger partial charge in [0.2, 0.25) is 5.91 Å². The zero-order chi connectivity index (χ0) is 28.4. The molecule has 1 aromatic heterocycles. The van der Waals surface area contributed by atoms with E-state index >= 15 is 4.39 Å². The van der Waals surface area contributed by atoms with Gasteiger partial charge in [-0.2, -0.15) is 0 Å². The highest BCUT2D eigenvalue weighted by molar-refractivity contribution is 6.03. The molecule has 1 atom stereocenters. The van der Waals surface area contributed by atoms with Crippen molar-refractivity contribution in [3.05, 3.63) is 53.5 Å². The first kappa shape index (κ1) is 26.3. The smallest absolute Gasteiger partial charge is 0.430 e. The number of aromatic nitrogens is 1. The number of nitrogens with one attached hydrogen (secondary N) is 1. The molecule has 2 fully saturated rings. The number of amides is 1. The van der Waals surface area contributed by atoms with Crippen LogP contribution in [0.2, 0.25) is 0 Å². The molecule has 1 aliphatic carbocycles. The molecular formula is C28H27F3N2O7. The average Bonchev–Trinajstić information content (AvgIpc) is 3.34. The van der Waals surface area contributed by atoms with E-state index < -0.39 is 41.1 Å². The second-order valence-corrected chi connectivity index (χ2v) is 11.0. The molecule has 1 saturated carbocycles. The van der Waals surface area contributed by atoms with E-state index in [0.717, 1.165) is 5.69 Å². The summed E-state index contributed by atoms with van der Waals surface area (Å²) in [5, 5.41) is 3.36. The minimum absolute atomic E-state index is 0.0140. The zero-order valence-electron chi connectivity index (χ0n) is 22.0. The summed E-state index contributed by atoms with van der Waals surface area (Å²) in [4.78, 5) is 24.9. The van der Waals surface area contributed by atoms with Crippen LogP contribution in [0.15, 0.2) is 36.4 Å².